The molecule has 1 N–H and O–H groups in total. The highest BCUT2D eigenvalue weighted by molar-refractivity contribution is 5.97. The average molecular weight is 237 g/mol. The normalized spacial score (nSPS) is 13.6. The number of carbonyl (C=O) groups excluding carboxylic acids is 2. The molecule has 0 radical (unpaired) electrons. The van der Waals surface area contributed by atoms with Crippen molar-refractivity contribution < 1.29 is 19.1 Å². The minimum Gasteiger partial charge on any atom is -0.465 e. The van der Waals surface area contributed by atoms with E-state index >= 15 is 0 Å². The smallest absolute Gasteiger partial charge is 0.359 e. The minimum atomic E-state index is -1.48. The van der Waals surface area contributed by atoms with Crippen LogP contribution >= 0.6 is 0 Å². The third-order valence-corrected chi connectivity index (χ3v) is 2.37. The molecule has 1 aromatic carbocycles. The molecule has 0 saturated carbocycles. The van der Waals surface area contributed by atoms with Gasteiger partial charge in [0.1, 0.15) is 0 Å². The molecule has 0 fully saturated rings. The van der Waals surface area contributed by atoms with Gasteiger partial charge in [-0.2, -0.15) is 0 Å². The zero-order chi connectivity index (χ0) is 12.9. The number of amides is 1. The van der Waals surface area contributed by atoms with Crippen molar-refractivity contribution >= 4 is 11.9 Å². The summed E-state index contributed by atoms with van der Waals surface area (Å²) in [6.45, 7) is 1.43. The molecule has 1 aromatic rings. The van der Waals surface area contributed by atoms with Gasteiger partial charge in [0.05, 0.1) is 7.11 Å². The number of esters is 1. The maximum atomic E-state index is 11.8. The third kappa shape index (κ3) is 3.04. The van der Waals surface area contributed by atoms with Crippen LogP contribution in [0.2, 0.25) is 0 Å². The molecule has 0 aromatic heterocycles. The summed E-state index contributed by atoms with van der Waals surface area (Å²) in [5.74, 6) is -1.07. The maximum Gasteiger partial charge on any atom is 0.359 e. The molecular weight excluding hydrogens is 222 g/mol. The number of carbonyl (C=O) groups is 2. The van der Waals surface area contributed by atoms with Crippen LogP contribution in [0.5, 0.6) is 0 Å². The Bertz CT molecular complexity index is 404. The lowest BCUT2D eigenvalue weighted by molar-refractivity contribution is -0.166. The topological polar surface area (TPSA) is 64.6 Å². The first-order valence-electron chi connectivity index (χ1n) is 5.04. The lowest BCUT2D eigenvalue weighted by Gasteiger charge is -2.25. The summed E-state index contributed by atoms with van der Waals surface area (Å²) in [6, 6.07) is 8.55. The summed E-state index contributed by atoms with van der Waals surface area (Å²) in [4.78, 5) is 23.3. The fourth-order valence-corrected chi connectivity index (χ4v) is 1.26. The van der Waals surface area contributed by atoms with Crippen LogP contribution < -0.4 is 5.32 Å². The van der Waals surface area contributed by atoms with Gasteiger partial charge in [-0.1, -0.05) is 18.2 Å². The van der Waals surface area contributed by atoms with Crippen molar-refractivity contribution in [1.82, 2.24) is 5.32 Å². The Hall–Kier alpha value is -1.88. The first kappa shape index (κ1) is 13.2. The van der Waals surface area contributed by atoms with Crippen molar-refractivity contribution in [2.24, 2.45) is 0 Å². The van der Waals surface area contributed by atoms with Gasteiger partial charge in [0.2, 0.25) is 5.72 Å². The van der Waals surface area contributed by atoms with Gasteiger partial charge in [-0.05, 0) is 19.1 Å². The van der Waals surface area contributed by atoms with Crippen LogP contribution in [0.25, 0.3) is 0 Å². The maximum absolute atomic E-state index is 11.8. The Morgan fingerprint density at radius 2 is 1.76 bits per heavy atom. The molecule has 0 spiro atoms. The van der Waals surface area contributed by atoms with E-state index in [0.717, 1.165) is 0 Å². The molecule has 1 rings (SSSR count). The van der Waals surface area contributed by atoms with Crippen LogP contribution in [0.1, 0.15) is 17.3 Å². The number of hydrogen-bond acceptors (Lipinski definition) is 4. The van der Waals surface area contributed by atoms with E-state index in [2.05, 4.69) is 10.1 Å². The summed E-state index contributed by atoms with van der Waals surface area (Å²) in [5.41, 5.74) is -1.04. The lowest BCUT2D eigenvalue weighted by atomic mass is 10.2. The van der Waals surface area contributed by atoms with E-state index in [0.29, 0.717) is 5.56 Å². The van der Waals surface area contributed by atoms with Crippen LogP contribution in [0, 0.1) is 0 Å². The summed E-state index contributed by atoms with van der Waals surface area (Å²) < 4.78 is 9.54. The van der Waals surface area contributed by atoms with Gasteiger partial charge in [-0.3, -0.25) is 4.79 Å². The molecule has 0 aliphatic rings. The largest absolute Gasteiger partial charge is 0.465 e. The fourth-order valence-electron chi connectivity index (χ4n) is 1.26. The lowest BCUT2D eigenvalue weighted by Crippen LogP contribution is -2.54. The Balaban J connectivity index is 2.83. The highest BCUT2D eigenvalue weighted by Crippen LogP contribution is 2.09. The highest BCUT2D eigenvalue weighted by atomic mass is 16.6. The van der Waals surface area contributed by atoms with Crippen molar-refractivity contribution in [3.8, 4) is 0 Å². The second kappa shape index (κ2) is 5.45. The van der Waals surface area contributed by atoms with E-state index in [1.54, 1.807) is 30.3 Å². The van der Waals surface area contributed by atoms with E-state index < -0.39 is 17.6 Å². The predicted octanol–water partition coefficient (Wildman–Crippen LogP) is 0.952. The summed E-state index contributed by atoms with van der Waals surface area (Å²) in [5, 5.41) is 2.47. The van der Waals surface area contributed by atoms with Crippen LogP contribution in [0.15, 0.2) is 30.3 Å². The molecule has 5 nitrogen and oxygen atoms in total. The number of rotatable bonds is 4. The van der Waals surface area contributed by atoms with Crippen LogP contribution in [-0.4, -0.2) is 31.8 Å². The molecule has 5 heteroatoms. The molecule has 0 unspecified atom stereocenters. The first-order chi connectivity index (χ1) is 8.03. The van der Waals surface area contributed by atoms with Crippen LogP contribution in [-0.2, 0) is 14.3 Å². The van der Waals surface area contributed by atoms with Crippen LogP contribution in [0.4, 0.5) is 0 Å². The number of nitrogens with one attached hydrogen (secondary N) is 1. The van der Waals surface area contributed by atoms with Gasteiger partial charge in [0.15, 0.2) is 0 Å². The molecule has 0 saturated heterocycles. The van der Waals surface area contributed by atoms with E-state index in [4.69, 9.17) is 4.74 Å². The predicted molar refractivity (Wildman–Crippen MR) is 61.3 cm³/mol. The zero-order valence-corrected chi connectivity index (χ0v) is 10.0. The Kier molecular flexibility index (Phi) is 4.23. The quantitative estimate of drug-likeness (QED) is 0.625. The monoisotopic (exact) mass is 237 g/mol. The number of methoxy groups -OCH3 is 2. The Morgan fingerprint density at radius 1 is 1.18 bits per heavy atom. The van der Waals surface area contributed by atoms with E-state index in [1.807, 2.05) is 0 Å². The molecule has 1 atom stereocenters. The van der Waals surface area contributed by atoms with Crippen molar-refractivity contribution in [3.05, 3.63) is 35.9 Å². The molecule has 1 amide bonds. The second-order valence-electron chi connectivity index (χ2n) is 3.55. The van der Waals surface area contributed by atoms with Crippen molar-refractivity contribution in [2.45, 2.75) is 12.6 Å². The van der Waals surface area contributed by atoms with Crippen molar-refractivity contribution in [3.63, 3.8) is 0 Å². The van der Waals surface area contributed by atoms with Gasteiger partial charge >= 0.3 is 5.97 Å². The molecule has 0 bridgehead atoms. The van der Waals surface area contributed by atoms with Crippen molar-refractivity contribution in [1.29, 1.82) is 0 Å². The summed E-state index contributed by atoms with van der Waals surface area (Å²) in [7, 11) is 2.55. The van der Waals surface area contributed by atoms with Gasteiger partial charge in [-0.25, -0.2) is 4.79 Å². The van der Waals surface area contributed by atoms with E-state index in [1.165, 1.54) is 21.1 Å². The van der Waals surface area contributed by atoms with Gasteiger partial charge in [0.25, 0.3) is 5.91 Å². The van der Waals surface area contributed by atoms with Crippen LogP contribution in [0.3, 0.4) is 0 Å². The Labute approximate surface area is 99.7 Å². The molecule has 92 valence electrons. The molecule has 0 heterocycles. The van der Waals surface area contributed by atoms with E-state index in [9.17, 15) is 9.59 Å². The third-order valence-electron chi connectivity index (χ3n) is 2.37. The minimum absolute atomic E-state index is 0.402. The standard InChI is InChI=1S/C12H15NO4/c1-12(17-3,11(15)16-2)13-10(14)9-7-5-4-6-8-9/h4-8H,1-3H3,(H,13,14)/t12-/m1/s1. The fraction of sp³-hybridized carbons (Fsp3) is 0.333. The Morgan fingerprint density at radius 3 is 2.24 bits per heavy atom. The van der Waals surface area contributed by atoms with Crippen molar-refractivity contribution in [2.75, 3.05) is 14.2 Å². The van der Waals surface area contributed by atoms with Gasteiger partial charge < -0.3 is 14.8 Å². The molecule has 0 aliphatic heterocycles. The highest BCUT2D eigenvalue weighted by Gasteiger charge is 2.36. The van der Waals surface area contributed by atoms with Gasteiger partial charge in [-0.15, -0.1) is 0 Å². The molecular formula is C12H15NO4. The number of hydrogen-bond donors (Lipinski definition) is 1. The summed E-state index contributed by atoms with van der Waals surface area (Å²) in [6.07, 6.45) is 0. The first-order valence-corrected chi connectivity index (χ1v) is 5.04. The SMILES string of the molecule is COC(=O)[C@](C)(NC(=O)c1ccccc1)OC. The molecule has 17 heavy (non-hydrogen) atoms. The molecule has 0 aliphatic carbocycles. The summed E-state index contributed by atoms with van der Waals surface area (Å²) >= 11 is 0. The zero-order valence-electron chi connectivity index (χ0n) is 10.0. The number of ether oxygens (including phenoxy) is 2. The number of benzene rings is 1. The van der Waals surface area contributed by atoms with Gasteiger partial charge in [0, 0.05) is 12.7 Å². The van der Waals surface area contributed by atoms with E-state index in [-0.39, 0.29) is 0 Å². The second-order valence-corrected chi connectivity index (χ2v) is 3.55. The average Bonchev–Trinajstić information content (AvgIpc) is 2.38.